The highest BCUT2D eigenvalue weighted by atomic mass is 35.5. The Balaban J connectivity index is 2.02. The lowest BCUT2D eigenvalue weighted by Gasteiger charge is -2.10. The highest BCUT2D eigenvalue weighted by molar-refractivity contribution is 7.90. The summed E-state index contributed by atoms with van der Waals surface area (Å²) in [7, 11) is -1.99. The van der Waals surface area contributed by atoms with Crippen LogP contribution in [0.2, 0.25) is 5.02 Å². The number of nitrogens with one attached hydrogen (secondary N) is 1. The van der Waals surface area contributed by atoms with E-state index in [-0.39, 0.29) is 21.2 Å². The Kier molecular flexibility index (Phi) is 6.23. The fourth-order valence-corrected chi connectivity index (χ4v) is 2.79. The maximum Gasteiger partial charge on any atom is 0.338 e. The number of sulfone groups is 1. The second-order valence-electron chi connectivity index (χ2n) is 5.27. The van der Waals surface area contributed by atoms with Gasteiger partial charge in [-0.2, -0.15) is 0 Å². The summed E-state index contributed by atoms with van der Waals surface area (Å²) < 4.78 is 33.1. The van der Waals surface area contributed by atoms with Gasteiger partial charge in [-0.3, -0.25) is 4.79 Å². The molecule has 26 heavy (non-hydrogen) atoms. The Morgan fingerprint density at radius 3 is 2.54 bits per heavy atom. The maximum absolute atomic E-state index is 12.0. The normalized spacial score (nSPS) is 10.9. The van der Waals surface area contributed by atoms with Gasteiger partial charge < -0.3 is 14.8 Å². The first-order valence-corrected chi connectivity index (χ1v) is 9.58. The Bertz CT molecular complexity index is 942. The van der Waals surface area contributed by atoms with Gasteiger partial charge in [0.05, 0.1) is 28.3 Å². The quantitative estimate of drug-likeness (QED) is 0.752. The number of esters is 1. The van der Waals surface area contributed by atoms with Gasteiger partial charge in [0.1, 0.15) is 5.75 Å². The predicted molar refractivity (Wildman–Crippen MR) is 96.5 cm³/mol. The summed E-state index contributed by atoms with van der Waals surface area (Å²) in [6.45, 7) is -0.560. The summed E-state index contributed by atoms with van der Waals surface area (Å²) in [6.07, 6.45) is 1.04. The van der Waals surface area contributed by atoms with Crippen LogP contribution < -0.4 is 10.1 Å². The van der Waals surface area contributed by atoms with Crippen LogP contribution in [0.1, 0.15) is 10.4 Å². The Morgan fingerprint density at radius 2 is 1.88 bits per heavy atom. The van der Waals surface area contributed by atoms with Crippen molar-refractivity contribution in [2.45, 2.75) is 4.90 Å². The first-order valence-electron chi connectivity index (χ1n) is 7.31. The fourth-order valence-electron chi connectivity index (χ4n) is 1.98. The van der Waals surface area contributed by atoms with Gasteiger partial charge in [0.2, 0.25) is 0 Å². The number of anilines is 1. The van der Waals surface area contributed by atoms with E-state index in [1.165, 1.54) is 37.4 Å². The van der Waals surface area contributed by atoms with Gasteiger partial charge in [-0.25, -0.2) is 13.2 Å². The van der Waals surface area contributed by atoms with E-state index in [2.05, 4.69) is 5.32 Å². The average Bonchev–Trinajstić information content (AvgIpc) is 2.60. The predicted octanol–water partition coefficient (Wildman–Crippen LogP) is 2.55. The molecule has 0 aromatic heterocycles. The number of hydrogen-bond donors (Lipinski definition) is 1. The van der Waals surface area contributed by atoms with E-state index in [9.17, 15) is 18.0 Å². The standard InChI is InChI=1S/C17H16ClNO6S/c1-24-12-5-3-4-11(8-12)17(21)25-10-16(20)19-15-9-13(26(2,22)23)6-7-14(15)18/h3-9H,10H2,1-2H3,(H,19,20). The maximum atomic E-state index is 12.0. The average molecular weight is 398 g/mol. The fraction of sp³-hybridized carbons (Fsp3) is 0.176. The van der Waals surface area contributed by atoms with Crippen molar-refractivity contribution < 1.29 is 27.5 Å². The van der Waals surface area contributed by atoms with E-state index >= 15 is 0 Å². The minimum atomic E-state index is -3.45. The number of amides is 1. The molecular weight excluding hydrogens is 382 g/mol. The van der Waals surface area contributed by atoms with Crippen LogP contribution in [0.25, 0.3) is 0 Å². The first-order chi connectivity index (χ1) is 12.2. The smallest absolute Gasteiger partial charge is 0.338 e. The van der Waals surface area contributed by atoms with Gasteiger partial charge in [-0.1, -0.05) is 17.7 Å². The van der Waals surface area contributed by atoms with Crippen LogP contribution in [-0.4, -0.2) is 40.3 Å². The van der Waals surface area contributed by atoms with Crippen LogP contribution in [0, 0.1) is 0 Å². The Morgan fingerprint density at radius 1 is 1.15 bits per heavy atom. The van der Waals surface area contributed by atoms with Gasteiger partial charge in [-0.15, -0.1) is 0 Å². The summed E-state index contributed by atoms with van der Waals surface area (Å²) in [5.41, 5.74) is 0.339. The van der Waals surface area contributed by atoms with Gasteiger partial charge >= 0.3 is 5.97 Å². The third kappa shape index (κ3) is 5.21. The van der Waals surface area contributed by atoms with Crippen molar-refractivity contribution in [2.24, 2.45) is 0 Å². The molecule has 2 rings (SSSR count). The highest BCUT2D eigenvalue weighted by Crippen LogP contribution is 2.25. The molecule has 0 unspecified atom stereocenters. The molecule has 2 aromatic rings. The van der Waals surface area contributed by atoms with Crippen molar-refractivity contribution >= 4 is 39.0 Å². The summed E-state index contributed by atoms with van der Waals surface area (Å²) in [6, 6.07) is 10.2. The molecule has 0 saturated carbocycles. The molecule has 0 aliphatic rings. The zero-order chi connectivity index (χ0) is 19.3. The number of hydrogen-bond acceptors (Lipinski definition) is 6. The Hall–Kier alpha value is -2.58. The second-order valence-corrected chi connectivity index (χ2v) is 7.69. The molecule has 0 saturated heterocycles. The largest absolute Gasteiger partial charge is 0.497 e. The third-order valence-electron chi connectivity index (χ3n) is 3.28. The molecule has 0 bridgehead atoms. The van der Waals surface area contributed by atoms with Gasteiger partial charge in [0, 0.05) is 6.26 Å². The molecule has 0 aliphatic carbocycles. The van der Waals surface area contributed by atoms with E-state index in [0.29, 0.717) is 5.75 Å². The van der Waals surface area contributed by atoms with Crippen LogP contribution in [0.4, 0.5) is 5.69 Å². The number of halogens is 1. The zero-order valence-corrected chi connectivity index (χ0v) is 15.6. The van der Waals surface area contributed by atoms with Gasteiger partial charge in [-0.05, 0) is 36.4 Å². The zero-order valence-electron chi connectivity index (χ0n) is 14.0. The van der Waals surface area contributed by atoms with E-state index in [4.69, 9.17) is 21.1 Å². The molecule has 0 radical (unpaired) electrons. The third-order valence-corrected chi connectivity index (χ3v) is 4.72. The number of ether oxygens (including phenoxy) is 2. The van der Waals surface area contributed by atoms with Crippen LogP contribution in [0.5, 0.6) is 5.75 Å². The summed E-state index contributed by atoms with van der Waals surface area (Å²) in [5, 5.41) is 2.57. The number of rotatable bonds is 6. The molecule has 1 N–H and O–H groups in total. The van der Waals surface area contributed by atoms with Crippen LogP contribution in [-0.2, 0) is 19.4 Å². The van der Waals surface area contributed by atoms with Crippen molar-refractivity contribution in [2.75, 3.05) is 25.3 Å². The molecule has 0 spiro atoms. The molecule has 0 heterocycles. The molecule has 9 heteroatoms. The number of benzene rings is 2. The van der Waals surface area contributed by atoms with Crippen LogP contribution in [0.3, 0.4) is 0 Å². The summed E-state index contributed by atoms with van der Waals surface area (Å²) in [4.78, 5) is 23.9. The van der Waals surface area contributed by atoms with Crippen molar-refractivity contribution in [3.05, 3.63) is 53.1 Å². The monoisotopic (exact) mass is 397 g/mol. The lowest BCUT2D eigenvalue weighted by Crippen LogP contribution is -2.21. The topological polar surface area (TPSA) is 98.8 Å². The molecule has 2 aromatic carbocycles. The second kappa shape index (κ2) is 8.20. The van der Waals surface area contributed by atoms with Crippen molar-refractivity contribution in [3.63, 3.8) is 0 Å². The summed E-state index contributed by atoms with van der Waals surface area (Å²) >= 11 is 5.95. The SMILES string of the molecule is COc1cccc(C(=O)OCC(=O)Nc2cc(S(C)(=O)=O)ccc2Cl)c1. The van der Waals surface area contributed by atoms with E-state index in [0.717, 1.165) is 6.26 Å². The van der Waals surface area contributed by atoms with Crippen molar-refractivity contribution in [1.29, 1.82) is 0 Å². The Labute approximate surface area is 155 Å². The van der Waals surface area contributed by atoms with Crippen LogP contribution in [0.15, 0.2) is 47.4 Å². The molecule has 0 aliphatic heterocycles. The minimum absolute atomic E-state index is 0.00516. The lowest BCUT2D eigenvalue weighted by atomic mass is 10.2. The van der Waals surface area contributed by atoms with Crippen molar-refractivity contribution in [1.82, 2.24) is 0 Å². The first kappa shape index (κ1) is 19.7. The van der Waals surface area contributed by atoms with Gasteiger partial charge in [0.15, 0.2) is 16.4 Å². The van der Waals surface area contributed by atoms with E-state index < -0.39 is 28.3 Å². The van der Waals surface area contributed by atoms with E-state index in [1.807, 2.05) is 0 Å². The molecule has 1 amide bonds. The molecule has 138 valence electrons. The van der Waals surface area contributed by atoms with E-state index in [1.54, 1.807) is 12.1 Å². The number of methoxy groups -OCH3 is 1. The minimum Gasteiger partial charge on any atom is -0.497 e. The number of carbonyl (C=O) groups is 2. The van der Waals surface area contributed by atoms with Crippen molar-refractivity contribution in [3.8, 4) is 5.75 Å². The highest BCUT2D eigenvalue weighted by Gasteiger charge is 2.14. The molecular formula is C17H16ClNO6S. The summed E-state index contributed by atoms with van der Waals surface area (Å²) in [5.74, 6) is -0.878. The van der Waals surface area contributed by atoms with Gasteiger partial charge in [0.25, 0.3) is 5.91 Å². The molecule has 0 atom stereocenters. The molecule has 0 fully saturated rings. The van der Waals surface area contributed by atoms with Crippen LogP contribution >= 0.6 is 11.6 Å². The number of carbonyl (C=O) groups excluding carboxylic acids is 2. The lowest BCUT2D eigenvalue weighted by molar-refractivity contribution is -0.119. The molecule has 7 nitrogen and oxygen atoms in total.